The van der Waals surface area contributed by atoms with E-state index in [0.29, 0.717) is 23.6 Å². The molecule has 1 aliphatic rings. The second-order valence-corrected chi connectivity index (χ2v) is 8.02. The molecule has 164 valence electrons. The van der Waals surface area contributed by atoms with Gasteiger partial charge in [-0.3, -0.25) is 9.78 Å². The van der Waals surface area contributed by atoms with Gasteiger partial charge >= 0.3 is 6.18 Å². The Kier molecular flexibility index (Phi) is 4.69. The highest BCUT2D eigenvalue weighted by molar-refractivity contribution is 6.01. The van der Waals surface area contributed by atoms with Gasteiger partial charge in [0.1, 0.15) is 17.4 Å². The Balaban J connectivity index is 1.92. The number of carbonyl (C=O) groups is 1. The number of rotatable bonds is 2. The highest BCUT2D eigenvalue weighted by Gasteiger charge is 2.42. The molecule has 31 heavy (non-hydrogen) atoms. The van der Waals surface area contributed by atoms with Gasteiger partial charge in [0.25, 0.3) is 5.91 Å². The van der Waals surface area contributed by atoms with Crippen LogP contribution in [-0.2, 0) is 15.7 Å². The van der Waals surface area contributed by atoms with Gasteiger partial charge < -0.3 is 15.4 Å². The molecule has 3 aromatic heterocycles. The van der Waals surface area contributed by atoms with Gasteiger partial charge in [0, 0.05) is 11.8 Å². The maximum absolute atomic E-state index is 13.6. The van der Waals surface area contributed by atoms with E-state index < -0.39 is 17.3 Å². The Labute approximate surface area is 175 Å². The van der Waals surface area contributed by atoms with Crippen molar-refractivity contribution in [2.75, 3.05) is 17.2 Å². The summed E-state index contributed by atoms with van der Waals surface area (Å²) >= 11 is 0. The number of hydrogen-bond donors (Lipinski definition) is 1. The van der Waals surface area contributed by atoms with Crippen LogP contribution in [0.4, 0.5) is 24.7 Å². The summed E-state index contributed by atoms with van der Waals surface area (Å²) in [5.74, 6) is -0.538. The first-order valence-corrected chi connectivity index (χ1v) is 9.56. The fourth-order valence-electron chi connectivity index (χ4n) is 3.70. The number of pyridine rings is 1. The number of ether oxygens (including phenoxy) is 1. The number of hydrogen-bond acceptors (Lipinski definition) is 6. The zero-order valence-corrected chi connectivity index (χ0v) is 17.4. The van der Waals surface area contributed by atoms with Crippen molar-refractivity contribution < 1.29 is 22.7 Å². The molecule has 1 saturated heterocycles. The van der Waals surface area contributed by atoms with E-state index >= 15 is 0 Å². The van der Waals surface area contributed by atoms with Crippen LogP contribution < -0.4 is 10.6 Å². The number of morpholine rings is 1. The third-order valence-electron chi connectivity index (χ3n) is 5.36. The number of fused-ring (bicyclic) bond motifs is 1. The van der Waals surface area contributed by atoms with E-state index in [1.165, 1.54) is 6.20 Å². The van der Waals surface area contributed by atoms with Crippen LogP contribution in [0.5, 0.6) is 0 Å². The minimum atomic E-state index is -4.65. The number of aromatic nitrogens is 4. The Morgan fingerprint density at radius 3 is 2.65 bits per heavy atom. The van der Waals surface area contributed by atoms with Crippen molar-refractivity contribution in [2.45, 2.75) is 45.5 Å². The largest absolute Gasteiger partial charge is 0.418 e. The second-order valence-electron chi connectivity index (χ2n) is 8.02. The van der Waals surface area contributed by atoms with Crippen molar-refractivity contribution in [3.63, 3.8) is 0 Å². The van der Waals surface area contributed by atoms with E-state index in [9.17, 15) is 18.0 Å². The van der Waals surface area contributed by atoms with Crippen LogP contribution in [-0.4, -0.2) is 43.7 Å². The second kappa shape index (κ2) is 6.91. The Bertz CT molecular complexity index is 1190. The van der Waals surface area contributed by atoms with Crippen molar-refractivity contribution in [3.8, 4) is 11.3 Å². The van der Waals surface area contributed by atoms with Crippen molar-refractivity contribution in [2.24, 2.45) is 0 Å². The molecule has 0 bridgehead atoms. The molecule has 0 radical (unpaired) electrons. The summed E-state index contributed by atoms with van der Waals surface area (Å²) in [6.07, 6.45) is -2.12. The third kappa shape index (κ3) is 3.38. The maximum atomic E-state index is 13.6. The van der Waals surface area contributed by atoms with Crippen LogP contribution in [0.1, 0.15) is 32.0 Å². The number of alkyl halides is 3. The van der Waals surface area contributed by atoms with Gasteiger partial charge in [0.2, 0.25) is 0 Å². The summed E-state index contributed by atoms with van der Waals surface area (Å²) in [6.45, 7) is 7.24. The van der Waals surface area contributed by atoms with E-state index in [2.05, 4.69) is 15.1 Å². The molecule has 0 aromatic carbocycles. The van der Waals surface area contributed by atoms with Gasteiger partial charge in [-0.05, 0) is 39.8 Å². The number of aryl methyl sites for hydroxylation is 1. The summed E-state index contributed by atoms with van der Waals surface area (Å²) in [6, 6.07) is 2.33. The number of halogens is 3. The molecular formula is C20H21F3N6O2. The SMILES string of the molecule is Cc1ncc(-c2cc(C(F)(F)F)c3c(N)ncnn23)cc1N1C(=O)C(C)(C)OCC1C. The van der Waals surface area contributed by atoms with E-state index in [0.717, 1.165) is 16.9 Å². The van der Waals surface area contributed by atoms with Crippen LogP contribution in [0.2, 0.25) is 0 Å². The molecular weight excluding hydrogens is 413 g/mol. The predicted molar refractivity (Wildman–Crippen MR) is 107 cm³/mol. The zero-order chi connectivity index (χ0) is 22.7. The van der Waals surface area contributed by atoms with Crippen LogP contribution in [0.3, 0.4) is 0 Å². The molecule has 4 heterocycles. The van der Waals surface area contributed by atoms with E-state index in [-0.39, 0.29) is 29.0 Å². The molecule has 0 saturated carbocycles. The Morgan fingerprint density at radius 1 is 1.26 bits per heavy atom. The van der Waals surface area contributed by atoms with Gasteiger partial charge in [0.05, 0.1) is 35.3 Å². The first-order chi connectivity index (χ1) is 14.4. The standard InChI is InChI=1S/C20H21F3N6O2/c1-10-8-31-19(3,4)18(30)28(10)14-5-12(7-25-11(14)2)15-6-13(20(21,22)23)16-17(24)26-9-27-29(15)16/h5-7,9-10H,8H2,1-4H3,(H2,24,26,27). The third-order valence-corrected chi connectivity index (χ3v) is 5.36. The lowest BCUT2D eigenvalue weighted by molar-refractivity contribution is -0.147. The number of carbonyl (C=O) groups excluding carboxylic acids is 1. The molecule has 1 amide bonds. The monoisotopic (exact) mass is 434 g/mol. The predicted octanol–water partition coefficient (Wildman–Crippen LogP) is 3.23. The summed E-state index contributed by atoms with van der Waals surface area (Å²) in [5, 5.41) is 3.97. The van der Waals surface area contributed by atoms with E-state index in [1.807, 2.05) is 6.92 Å². The quantitative estimate of drug-likeness (QED) is 0.665. The van der Waals surface area contributed by atoms with Crippen LogP contribution in [0.15, 0.2) is 24.7 Å². The normalized spacial score (nSPS) is 19.3. The Hall–Kier alpha value is -3.21. The average molecular weight is 434 g/mol. The molecule has 2 N–H and O–H groups in total. The molecule has 1 unspecified atom stereocenters. The summed E-state index contributed by atoms with van der Waals surface area (Å²) < 4.78 is 47.7. The summed E-state index contributed by atoms with van der Waals surface area (Å²) in [5.41, 5.74) is 4.98. The van der Waals surface area contributed by atoms with Crippen LogP contribution >= 0.6 is 0 Å². The number of anilines is 2. The molecule has 3 aromatic rings. The number of nitrogens with two attached hydrogens (primary N) is 1. The van der Waals surface area contributed by atoms with Crippen molar-refractivity contribution in [1.29, 1.82) is 0 Å². The lowest BCUT2D eigenvalue weighted by Gasteiger charge is -2.42. The lowest BCUT2D eigenvalue weighted by Crippen LogP contribution is -2.58. The molecule has 8 nitrogen and oxygen atoms in total. The van der Waals surface area contributed by atoms with E-state index in [4.69, 9.17) is 10.5 Å². The van der Waals surface area contributed by atoms with Crippen LogP contribution in [0.25, 0.3) is 16.8 Å². The smallest absolute Gasteiger partial charge is 0.382 e. The average Bonchev–Trinajstić information content (AvgIpc) is 3.08. The number of nitrogens with zero attached hydrogens (tertiary/aromatic N) is 5. The van der Waals surface area contributed by atoms with Gasteiger partial charge in [-0.25, -0.2) is 9.50 Å². The highest BCUT2D eigenvalue weighted by atomic mass is 19.4. The van der Waals surface area contributed by atoms with Gasteiger partial charge in [0.15, 0.2) is 5.82 Å². The van der Waals surface area contributed by atoms with Crippen molar-refractivity contribution >= 4 is 22.9 Å². The van der Waals surface area contributed by atoms with Crippen molar-refractivity contribution in [3.05, 3.63) is 35.9 Å². The zero-order valence-electron chi connectivity index (χ0n) is 17.4. The lowest BCUT2D eigenvalue weighted by atomic mass is 10.0. The molecule has 0 aliphatic carbocycles. The molecule has 4 rings (SSSR count). The van der Waals surface area contributed by atoms with Gasteiger partial charge in [-0.2, -0.15) is 18.3 Å². The van der Waals surface area contributed by atoms with E-state index in [1.54, 1.807) is 31.7 Å². The van der Waals surface area contributed by atoms with Gasteiger partial charge in [-0.1, -0.05) is 0 Å². The topological polar surface area (TPSA) is 98.6 Å². The summed E-state index contributed by atoms with van der Waals surface area (Å²) in [4.78, 5) is 22.7. The maximum Gasteiger partial charge on any atom is 0.418 e. The Morgan fingerprint density at radius 2 is 1.97 bits per heavy atom. The molecule has 11 heteroatoms. The van der Waals surface area contributed by atoms with Gasteiger partial charge in [-0.15, -0.1) is 0 Å². The minimum Gasteiger partial charge on any atom is -0.382 e. The van der Waals surface area contributed by atoms with Crippen molar-refractivity contribution in [1.82, 2.24) is 19.6 Å². The molecule has 0 spiro atoms. The minimum absolute atomic E-state index is 0.137. The molecule has 1 atom stereocenters. The first-order valence-electron chi connectivity index (χ1n) is 9.56. The van der Waals surface area contributed by atoms with Crippen LogP contribution in [0, 0.1) is 6.92 Å². The first kappa shape index (κ1) is 21.0. The number of nitrogen functional groups attached to an aromatic ring is 1. The molecule has 1 fully saturated rings. The summed E-state index contributed by atoms with van der Waals surface area (Å²) in [7, 11) is 0. The fraction of sp³-hybridized carbons (Fsp3) is 0.400. The molecule has 1 aliphatic heterocycles. The fourth-order valence-corrected chi connectivity index (χ4v) is 3.70. The highest BCUT2D eigenvalue weighted by Crippen LogP contribution is 2.39. The number of amides is 1.